The molecule has 0 saturated carbocycles. The summed E-state index contributed by atoms with van der Waals surface area (Å²) in [5, 5.41) is 24.9. The van der Waals surface area contributed by atoms with E-state index < -0.39 is 11.8 Å². The number of carbonyl (C=O) groups excluding carboxylic acids is 3. The van der Waals surface area contributed by atoms with Gasteiger partial charge in [-0.3, -0.25) is 24.3 Å². The van der Waals surface area contributed by atoms with Gasteiger partial charge in [-0.2, -0.15) is 0 Å². The number of thiazole rings is 1. The second-order valence-corrected chi connectivity index (χ2v) is 8.55. The Kier molecular flexibility index (Phi) is 9.67. The third-order valence-corrected chi connectivity index (χ3v) is 5.69. The van der Waals surface area contributed by atoms with Crippen LogP contribution < -0.4 is 16.1 Å². The molecule has 0 fully saturated rings. The third kappa shape index (κ3) is 8.37. The smallest absolute Gasteiger partial charge is 0.244 e. The van der Waals surface area contributed by atoms with Gasteiger partial charge in [0.05, 0.1) is 18.7 Å². The first kappa shape index (κ1) is 25.0. The molecule has 34 heavy (non-hydrogen) atoms. The predicted octanol–water partition coefficient (Wildman–Crippen LogP) is 1.91. The summed E-state index contributed by atoms with van der Waals surface area (Å²) < 4.78 is 1.67. The highest BCUT2D eigenvalue weighted by Gasteiger charge is 2.22. The quantitative estimate of drug-likeness (QED) is 0.164. The molecule has 0 saturated heterocycles. The fraction of sp³-hybridized carbons (Fsp3) is 0.364. The Morgan fingerprint density at radius 1 is 1.12 bits per heavy atom. The number of aromatic nitrogens is 4. The molecule has 4 N–H and O–H groups in total. The normalized spacial score (nSPS) is 11.6. The van der Waals surface area contributed by atoms with E-state index in [4.69, 9.17) is 5.21 Å². The number of rotatable bonds is 13. The van der Waals surface area contributed by atoms with Crippen LogP contribution in [0, 0.1) is 5.92 Å². The van der Waals surface area contributed by atoms with Crippen LogP contribution in [0.5, 0.6) is 0 Å². The van der Waals surface area contributed by atoms with Gasteiger partial charge >= 0.3 is 0 Å². The number of hydrogen-bond donors (Lipinski definition) is 4. The van der Waals surface area contributed by atoms with Gasteiger partial charge in [0.15, 0.2) is 5.13 Å². The van der Waals surface area contributed by atoms with Crippen molar-refractivity contribution < 1.29 is 19.6 Å². The lowest BCUT2D eigenvalue weighted by atomic mass is 9.95. The molecule has 1 atom stereocenters. The lowest BCUT2D eigenvalue weighted by Crippen LogP contribution is -2.35. The van der Waals surface area contributed by atoms with Gasteiger partial charge in [0.1, 0.15) is 5.69 Å². The lowest BCUT2D eigenvalue weighted by molar-refractivity contribution is -0.134. The van der Waals surface area contributed by atoms with E-state index in [9.17, 15) is 14.4 Å². The number of aryl methyl sites for hydroxylation is 1. The number of nitrogens with one attached hydrogen (secondary N) is 3. The summed E-state index contributed by atoms with van der Waals surface area (Å²) in [6.07, 6.45) is 5.43. The van der Waals surface area contributed by atoms with Crippen molar-refractivity contribution in [3.8, 4) is 0 Å². The van der Waals surface area contributed by atoms with E-state index in [2.05, 4.69) is 25.9 Å². The zero-order chi connectivity index (χ0) is 24.2. The fourth-order valence-electron chi connectivity index (χ4n) is 3.30. The van der Waals surface area contributed by atoms with Crippen LogP contribution in [0.1, 0.15) is 36.9 Å². The summed E-state index contributed by atoms with van der Waals surface area (Å²) in [4.78, 5) is 40.2. The van der Waals surface area contributed by atoms with Gasteiger partial charge in [0.2, 0.25) is 17.7 Å². The van der Waals surface area contributed by atoms with E-state index in [0.29, 0.717) is 36.6 Å². The Labute approximate surface area is 200 Å². The van der Waals surface area contributed by atoms with E-state index in [-0.39, 0.29) is 24.8 Å². The zero-order valence-electron chi connectivity index (χ0n) is 18.5. The molecule has 3 aromatic rings. The van der Waals surface area contributed by atoms with Crippen molar-refractivity contribution in [1.82, 2.24) is 30.8 Å². The average Bonchev–Trinajstić information content (AvgIpc) is 3.52. The molecule has 2 aromatic heterocycles. The number of hydrogen-bond acceptors (Lipinski definition) is 8. The molecule has 0 spiro atoms. The van der Waals surface area contributed by atoms with Crippen LogP contribution in [0.2, 0.25) is 0 Å². The summed E-state index contributed by atoms with van der Waals surface area (Å²) in [6, 6.07) is 9.36. The minimum atomic E-state index is -0.639. The number of unbranched alkanes of at least 4 members (excludes halogenated alkanes) is 1. The van der Waals surface area contributed by atoms with Crippen molar-refractivity contribution >= 4 is 34.2 Å². The first-order chi connectivity index (χ1) is 16.5. The molecule has 0 aliphatic carbocycles. The number of hydroxylamine groups is 1. The maximum Gasteiger partial charge on any atom is 0.244 e. The highest BCUT2D eigenvalue weighted by Crippen LogP contribution is 2.14. The van der Waals surface area contributed by atoms with Crippen molar-refractivity contribution in [2.24, 2.45) is 5.92 Å². The van der Waals surface area contributed by atoms with Crippen molar-refractivity contribution in [3.63, 3.8) is 0 Å². The molecule has 0 aliphatic heterocycles. The molecule has 3 amide bonds. The molecule has 0 radical (unpaired) electrons. The molecule has 0 bridgehead atoms. The molecule has 3 rings (SSSR count). The molecule has 180 valence electrons. The number of carbonyl (C=O) groups is 3. The Morgan fingerprint density at radius 2 is 1.94 bits per heavy atom. The van der Waals surface area contributed by atoms with Gasteiger partial charge in [0.25, 0.3) is 0 Å². The summed E-state index contributed by atoms with van der Waals surface area (Å²) in [6.45, 7) is 0.764. The Hall–Kier alpha value is -3.64. The van der Waals surface area contributed by atoms with E-state index in [1.165, 1.54) is 11.3 Å². The van der Waals surface area contributed by atoms with Crippen molar-refractivity contribution in [2.75, 3.05) is 5.32 Å². The number of benzene rings is 1. The van der Waals surface area contributed by atoms with E-state index in [0.717, 1.165) is 12.0 Å². The van der Waals surface area contributed by atoms with Gasteiger partial charge in [0, 0.05) is 31.0 Å². The minimum Gasteiger partial charge on any atom is -0.350 e. The average molecular weight is 486 g/mol. The van der Waals surface area contributed by atoms with E-state index >= 15 is 0 Å². The maximum atomic E-state index is 12.7. The molecular weight excluding hydrogens is 458 g/mol. The molecule has 0 aliphatic rings. The van der Waals surface area contributed by atoms with Crippen molar-refractivity contribution in [3.05, 3.63) is 59.4 Å². The summed E-state index contributed by atoms with van der Waals surface area (Å²) in [5.74, 6) is -1.65. The third-order valence-electron chi connectivity index (χ3n) is 5.00. The van der Waals surface area contributed by atoms with Crippen LogP contribution in [0.15, 0.2) is 48.1 Å². The second kappa shape index (κ2) is 13.2. The maximum absolute atomic E-state index is 12.7. The number of anilines is 1. The Bertz CT molecular complexity index is 1060. The molecular formula is C22H27N7O4S. The SMILES string of the molecule is O=C(CC(Cc1ccccc1)C(=O)NCc1cn(CCCCC(=O)Nc2nccs2)nn1)NO. The van der Waals surface area contributed by atoms with Gasteiger partial charge in [-0.05, 0) is 24.8 Å². The van der Waals surface area contributed by atoms with Crippen molar-refractivity contribution in [2.45, 2.75) is 45.2 Å². The number of nitrogens with zero attached hydrogens (tertiary/aromatic N) is 4. The largest absolute Gasteiger partial charge is 0.350 e. The highest BCUT2D eigenvalue weighted by molar-refractivity contribution is 7.13. The zero-order valence-corrected chi connectivity index (χ0v) is 19.3. The van der Waals surface area contributed by atoms with Crippen LogP contribution in [-0.2, 0) is 33.9 Å². The first-order valence-corrected chi connectivity index (χ1v) is 11.7. The predicted molar refractivity (Wildman–Crippen MR) is 125 cm³/mol. The monoisotopic (exact) mass is 485 g/mol. The summed E-state index contributed by atoms with van der Waals surface area (Å²) >= 11 is 1.38. The summed E-state index contributed by atoms with van der Waals surface area (Å²) in [5.41, 5.74) is 3.08. The molecule has 11 nitrogen and oxygen atoms in total. The van der Waals surface area contributed by atoms with Crippen molar-refractivity contribution in [1.29, 1.82) is 0 Å². The van der Waals surface area contributed by atoms with Crippen LogP contribution in [0.25, 0.3) is 0 Å². The van der Waals surface area contributed by atoms with Gasteiger partial charge in [-0.15, -0.1) is 16.4 Å². The van der Waals surface area contributed by atoms with Gasteiger partial charge < -0.3 is 10.6 Å². The minimum absolute atomic E-state index is 0.0723. The van der Waals surface area contributed by atoms with Gasteiger partial charge in [-0.25, -0.2) is 10.5 Å². The fourth-order valence-corrected chi connectivity index (χ4v) is 3.85. The Balaban J connectivity index is 1.41. The van der Waals surface area contributed by atoms with Crippen LogP contribution in [-0.4, -0.2) is 42.9 Å². The molecule has 1 aromatic carbocycles. The van der Waals surface area contributed by atoms with E-state index in [1.807, 2.05) is 30.3 Å². The molecule has 12 heteroatoms. The molecule has 1 unspecified atom stereocenters. The standard InChI is InChI=1S/C22H27N7O4S/c30-19(25-22-23-9-11-34-22)8-4-5-10-29-15-18(26-28-29)14-24-21(32)17(13-20(31)27-33)12-16-6-2-1-3-7-16/h1-3,6-7,9,11,15,17,33H,4-5,8,10,12-14H2,(H,24,32)(H,27,31)(H,23,25,30). The lowest BCUT2D eigenvalue weighted by Gasteiger charge is -2.15. The molecule has 2 heterocycles. The second-order valence-electron chi connectivity index (χ2n) is 7.66. The summed E-state index contributed by atoms with van der Waals surface area (Å²) in [7, 11) is 0. The van der Waals surface area contributed by atoms with Crippen LogP contribution in [0.3, 0.4) is 0 Å². The first-order valence-electron chi connectivity index (χ1n) is 10.9. The topological polar surface area (TPSA) is 151 Å². The number of amides is 3. The van der Waals surface area contributed by atoms with E-state index in [1.54, 1.807) is 27.9 Å². The Morgan fingerprint density at radius 3 is 2.68 bits per heavy atom. The van der Waals surface area contributed by atoms with Crippen LogP contribution in [0.4, 0.5) is 5.13 Å². The highest BCUT2D eigenvalue weighted by atomic mass is 32.1. The van der Waals surface area contributed by atoms with Gasteiger partial charge in [-0.1, -0.05) is 35.5 Å². The van der Waals surface area contributed by atoms with Crippen LogP contribution >= 0.6 is 11.3 Å².